The second-order valence-corrected chi connectivity index (χ2v) is 2.73. The van der Waals surface area contributed by atoms with Gasteiger partial charge in [0.25, 0.3) is 0 Å². The summed E-state index contributed by atoms with van der Waals surface area (Å²) in [6.45, 7) is 0. The first-order valence-corrected chi connectivity index (χ1v) is 2.96. The SMILES string of the molecule is CNC.ClB(Cl)Cl. The highest BCUT2D eigenvalue weighted by Crippen LogP contribution is 1.97. The maximum atomic E-state index is 4.81. The third-order valence-electron chi connectivity index (χ3n) is 0. The third kappa shape index (κ3) is 206. The maximum Gasteiger partial charge on any atom is 0.450 e. The van der Waals surface area contributed by atoms with Crippen LogP contribution in [0.25, 0.3) is 0 Å². The van der Waals surface area contributed by atoms with Crippen LogP contribution in [0.2, 0.25) is 0 Å². The highest BCUT2D eigenvalue weighted by atomic mass is 35.6. The lowest BCUT2D eigenvalue weighted by molar-refractivity contribution is 1.02. The van der Waals surface area contributed by atoms with Gasteiger partial charge in [0.05, 0.1) is 0 Å². The minimum Gasteiger partial charge on any atom is -0.323 e. The van der Waals surface area contributed by atoms with Crippen molar-refractivity contribution < 1.29 is 0 Å². The lowest BCUT2D eigenvalue weighted by Gasteiger charge is -1.61. The predicted octanol–water partition coefficient (Wildman–Crippen LogP) is 1.52. The predicted molar refractivity (Wildman–Crippen MR) is 38.3 cm³/mol. The Balaban J connectivity index is 0. The van der Waals surface area contributed by atoms with Crippen molar-refractivity contribution in [3.05, 3.63) is 0 Å². The third-order valence-corrected chi connectivity index (χ3v) is 0. The van der Waals surface area contributed by atoms with E-state index in [1.165, 1.54) is 0 Å². The molecule has 0 aromatic heterocycles. The lowest BCUT2D eigenvalue weighted by atomic mass is 10.7. The molecule has 0 unspecified atom stereocenters. The van der Waals surface area contributed by atoms with Crippen molar-refractivity contribution in [1.82, 2.24) is 5.32 Å². The van der Waals surface area contributed by atoms with Crippen molar-refractivity contribution in [2.75, 3.05) is 14.1 Å². The van der Waals surface area contributed by atoms with Crippen molar-refractivity contribution in [2.45, 2.75) is 0 Å². The van der Waals surface area contributed by atoms with Gasteiger partial charge < -0.3 is 5.32 Å². The molecule has 1 nitrogen and oxygen atoms in total. The topological polar surface area (TPSA) is 12.0 Å². The van der Waals surface area contributed by atoms with E-state index in [9.17, 15) is 0 Å². The van der Waals surface area contributed by atoms with Gasteiger partial charge in [0, 0.05) is 0 Å². The zero-order valence-electron chi connectivity index (χ0n) is 4.21. The van der Waals surface area contributed by atoms with Crippen LogP contribution in [0, 0.1) is 0 Å². The first-order chi connectivity index (χ1) is 3.15. The van der Waals surface area contributed by atoms with Crippen molar-refractivity contribution in [1.29, 1.82) is 0 Å². The molecular weight excluding hydrogens is 155 g/mol. The molecule has 0 atom stereocenters. The Bertz CT molecular complexity index is 24.1. The summed E-state index contributed by atoms with van der Waals surface area (Å²) in [6, 6.07) is 0. The van der Waals surface area contributed by atoms with E-state index >= 15 is 0 Å². The van der Waals surface area contributed by atoms with Gasteiger partial charge in [-0.3, -0.25) is 0 Å². The molecule has 0 fully saturated rings. The molecule has 0 bridgehead atoms. The Morgan fingerprint density at radius 3 is 1.14 bits per heavy atom. The lowest BCUT2D eigenvalue weighted by Crippen LogP contribution is -1.89. The Morgan fingerprint density at radius 2 is 1.14 bits per heavy atom. The fourth-order valence-electron chi connectivity index (χ4n) is 0. The van der Waals surface area contributed by atoms with Gasteiger partial charge in [0.15, 0.2) is 0 Å². The fourth-order valence-corrected chi connectivity index (χ4v) is 0. The Kier molecular flexibility index (Phi) is 15.4. The van der Waals surface area contributed by atoms with Gasteiger partial charge in [0.2, 0.25) is 0 Å². The summed E-state index contributed by atoms with van der Waals surface area (Å²) in [7, 11) is 3.75. The van der Waals surface area contributed by atoms with E-state index in [0.717, 1.165) is 0 Å². The summed E-state index contributed by atoms with van der Waals surface area (Å²) in [4.78, 5) is -0.750. The van der Waals surface area contributed by atoms with E-state index in [4.69, 9.17) is 34.4 Å². The molecule has 0 spiro atoms. The fraction of sp³-hybridized carbons (Fsp3) is 1.00. The van der Waals surface area contributed by atoms with E-state index < -0.39 is 4.96 Å². The average Bonchev–Trinajstić information content (AvgIpc) is 1.33. The van der Waals surface area contributed by atoms with Gasteiger partial charge in [-0.05, 0) is 14.1 Å². The number of rotatable bonds is 0. The van der Waals surface area contributed by atoms with Crippen LogP contribution in [0.5, 0.6) is 0 Å². The largest absolute Gasteiger partial charge is 0.450 e. The molecule has 0 rings (SSSR count). The molecule has 0 saturated heterocycles. The monoisotopic (exact) mass is 161 g/mol. The molecule has 0 aliphatic carbocycles. The van der Waals surface area contributed by atoms with Gasteiger partial charge in [-0.2, -0.15) is 34.4 Å². The number of hydrogen-bond donors (Lipinski definition) is 1. The molecule has 1 N–H and O–H groups in total. The minimum atomic E-state index is -0.750. The molecule has 7 heavy (non-hydrogen) atoms. The smallest absolute Gasteiger partial charge is 0.323 e. The Labute approximate surface area is 59.1 Å². The normalized spacial score (nSPS) is 6.43. The van der Waals surface area contributed by atoms with E-state index in [1.807, 2.05) is 14.1 Å². The highest BCUT2D eigenvalue weighted by Gasteiger charge is 1.91. The quantitative estimate of drug-likeness (QED) is 0.533. The summed E-state index contributed by atoms with van der Waals surface area (Å²) in [5.41, 5.74) is 0. The van der Waals surface area contributed by atoms with Crippen molar-refractivity contribution >= 4 is 39.3 Å². The van der Waals surface area contributed by atoms with Crippen molar-refractivity contribution in [3.8, 4) is 0 Å². The van der Waals surface area contributed by atoms with Crippen LogP contribution < -0.4 is 5.32 Å². The molecule has 0 aliphatic rings. The summed E-state index contributed by atoms with van der Waals surface area (Å²) in [5, 5.41) is 2.75. The summed E-state index contributed by atoms with van der Waals surface area (Å²) >= 11 is 14.4. The zero-order valence-corrected chi connectivity index (χ0v) is 6.48. The average molecular weight is 162 g/mol. The summed E-state index contributed by atoms with van der Waals surface area (Å²) in [6.07, 6.45) is 0. The first kappa shape index (κ1) is 10.8. The van der Waals surface area contributed by atoms with E-state index in [0.29, 0.717) is 0 Å². The van der Waals surface area contributed by atoms with E-state index in [-0.39, 0.29) is 0 Å². The second kappa shape index (κ2) is 10.00. The maximum absolute atomic E-state index is 4.81. The van der Waals surface area contributed by atoms with E-state index in [2.05, 4.69) is 5.32 Å². The van der Waals surface area contributed by atoms with Gasteiger partial charge in [-0.25, -0.2) is 0 Å². The van der Waals surface area contributed by atoms with Crippen LogP contribution >= 0.6 is 34.4 Å². The first-order valence-electron chi connectivity index (χ1n) is 1.65. The number of hydrogen-bond acceptors (Lipinski definition) is 1. The number of nitrogens with one attached hydrogen (secondary N) is 1. The molecule has 5 heteroatoms. The minimum absolute atomic E-state index is 0.750. The van der Waals surface area contributed by atoms with Crippen molar-refractivity contribution in [2.24, 2.45) is 0 Å². The molecule has 0 aromatic carbocycles. The molecule has 0 saturated carbocycles. The second-order valence-electron chi connectivity index (χ2n) is 0.747. The Hall–Kier alpha value is 0.895. The molecule has 0 aliphatic heterocycles. The molecule has 0 aromatic rings. The molecular formula is C2H7BCl3N. The van der Waals surface area contributed by atoms with Crippen LogP contribution in [0.15, 0.2) is 0 Å². The number of halogens is 3. The standard InChI is InChI=1S/C2H7N.BCl3/c1-3-2;2-1(3)4/h3H,1-2H3;. The van der Waals surface area contributed by atoms with E-state index in [1.54, 1.807) is 0 Å². The van der Waals surface area contributed by atoms with Crippen molar-refractivity contribution in [3.63, 3.8) is 0 Å². The van der Waals surface area contributed by atoms with Gasteiger partial charge in [0.1, 0.15) is 0 Å². The molecule has 44 valence electrons. The van der Waals surface area contributed by atoms with Crippen LogP contribution in [-0.2, 0) is 0 Å². The molecule has 0 radical (unpaired) electrons. The summed E-state index contributed by atoms with van der Waals surface area (Å²) in [5.74, 6) is 0. The van der Waals surface area contributed by atoms with Crippen LogP contribution in [-0.4, -0.2) is 19.1 Å². The zero-order chi connectivity index (χ0) is 6.28. The van der Waals surface area contributed by atoms with Crippen LogP contribution in [0.4, 0.5) is 0 Å². The van der Waals surface area contributed by atoms with Gasteiger partial charge in [-0.15, -0.1) is 0 Å². The van der Waals surface area contributed by atoms with Gasteiger partial charge >= 0.3 is 4.96 Å². The summed E-state index contributed by atoms with van der Waals surface area (Å²) < 4.78 is 0. The highest BCUT2D eigenvalue weighted by molar-refractivity contribution is 7.54. The van der Waals surface area contributed by atoms with Gasteiger partial charge in [-0.1, -0.05) is 0 Å². The molecule has 0 heterocycles. The van der Waals surface area contributed by atoms with Crippen LogP contribution in [0.1, 0.15) is 0 Å². The Morgan fingerprint density at radius 1 is 1.14 bits per heavy atom. The van der Waals surface area contributed by atoms with Crippen LogP contribution in [0.3, 0.4) is 0 Å². The molecule has 0 amide bonds.